The Morgan fingerprint density at radius 1 is 0.836 bits per heavy atom. The first kappa shape index (κ1) is 69.1. The fourth-order valence-corrected chi connectivity index (χ4v) is 6.59. The normalized spacial score (nSPS) is 10.6. The van der Waals surface area contributed by atoms with E-state index in [2.05, 4.69) is 33.1 Å². The van der Waals surface area contributed by atoms with Crippen molar-refractivity contribution >= 4 is 113 Å². The van der Waals surface area contributed by atoms with Crippen LogP contribution in [0.4, 0.5) is 38.4 Å². The zero-order chi connectivity index (χ0) is 52.0. The predicted molar refractivity (Wildman–Crippen MR) is 295 cm³/mol. The van der Waals surface area contributed by atoms with Gasteiger partial charge < -0.3 is 41.0 Å². The second-order valence-electron chi connectivity index (χ2n) is 13.7. The quantitative estimate of drug-likeness (QED) is 0.0164. The van der Waals surface area contributed by atoms with Crippen LogP contribution in [0, 0.1) is 20.2 Å². The molecule has 2 amide bonds. The molecular formula is C43H61B5ClN10O12S2. The summed E-state index contributed by atoms with van der Waals surface area (Å²) in [4.78, 5) is 65.3. The predicted octanol–water partition coefficient (Wildman–Crippen LogP) is 6.86. The largest absolute Gasteiger partial charge is 0.490 e. The van der Waals surface area contributed by atoms with E-state index in [0.717, 1.165) is 57.7 Å². The summed E-state index contributed by atoms with van der Waals surface area (Å²) in [6.07, 6.45) is 7.99. The number of rotatable bonds is 21. The summed E-state index contributed by atoms with van der Waals surface area (Å²) in [6.45, 7) is 13.6. The third kappa shape index (κ3) is 24.5. The first-order valence-corrected chi connectivity index (χ1v) is 24.2. The highest BCUT2D eigenvalue weighted by Gasteiger charge is 2.33. The molecule has 0 aliphatic carbocycles. The maximum Gasteiger partial charge on any atom is 0.415 e. The SMILES string of the molecule is C.C1CCOC1.C=CCOc1cccc(CCN(C(=O)OCC)c2nc(SC)nc(Cl)c2[N+](=O)[O-])c1.C=CCOc1cccc(CCN(C(=O)OCC)c2nc(SC)nc(N)c2[N+](=O)[O-])c1.N.O.[B][B]B([B])[B]. The Morgan fingerprint density at radius 2 is 1.25 bits per heavy atom. The van der Waals surface area contributed by atoms with Gasteiger partial charge >= 0.3 is 23.6 Å². The van der Waals surface area contributed by atoms with Crippen molar-refractivity contribution in [2.24, 2.45) is 0 Å². The molecule has 0 saturated carbocycles. The van der Waals surface area contributed by atoms with E-state index in [-0.39, 0.29) is 78.3 Å². The van der Waals surface area contributed by atoms with E-state index >= 15 is 0 Å². The number of anilines is 3. The number of hydrogen-bond donors (Lipinski definition) is 2. The van der Waals surface area contributed by atoms with Crippen LogP contribution < -0.4 is 31.2 Å². The summed E-state index contributed by atoms with van der Waals surface area (Å²) in [6, 6.07) is 14.6. The number of carbonyl (C=O) groups excluding carboxylic acids is 2. The van der Waals surface area contributed by atoms with Crippen molar-refractivity contribution in [1.82, 2.24) is 26.1 Å². The topological polar surface area (TPSA) is 317 Å². The second-order valence-corrected chi connectivity index (χ2v) is 15.6. The van der Waals surface area contributed by atoms with Crippen LogP contribution in [-0.2, 0) is 27.1 Å². The average Bonchev–Trinajstić information content (AvgIpc) is 3.94. The minimum absolute atomic E-state index is 0. The molecule has 73 heavy (non-hydrogen) atoms. The summed E-state index contributed by atoms with van der Waals surface area (Å²) in [7, 11) is 15.8. The molecule has 1 saturated heterocycles. The van der Waals surface area contributed by atoms with E-state index < -0.39 is 39.8 Å². The number of benzene rings is 2. The van der Waals surface area contributed by atoms with E-state index in [9.17, 15) is 29.8 Å². The van der Waals surface area contributed by atoms with Gasteiger partial charge in [0.15, 0.2) is 10.3 Å². The second kappa shape index (κ2) is 38.6. The van der Waals surface area contributed by atoms with Gasteiger partial charge in [-0.3, -0.25) is 30.0 Å². The van der Waals surface area contributed by atoms with Gasteiger partial charge in [-0.25, -0.2) is 14.6 Å². The van der Waals surface area contributed by atoms with Crippen molar-refractivity contribution in [1.29, 1.82) is 0 Å². The van der Waals surface area contributed by atoms with Crippen molar-refractivity contribution in [3.63, 3.8) is 0 Å². The van der Waals surface area contributed by atoms with E-state index in [1.165, 1.54) is 19.9 Å². The number of halogens is 1. The molecular weight excluding hydrogens is 1000 g/mol. The zero-order valence-corrected chi connectivity index (χ0v) is 43.0. The fourth-order valence-electron chi connectivity index (χ4n) is 5.58. The lowest BCUT2D eigenvalue weighted by atomic mass is 8.97. The van der Waals surface area contributed by atoms with Gasteiger partial charge in [-0.1, -0.05) is 92.1 Å². The van der Waals surface area contributed by atoms with Crippen molar-refractivity contribution in [2.45, 2.75) is 57.3 Å². The molecule has 0 bridgehead atoms. The fraction of sp³-hybridized carbons (Fsp3) is 0.395. The molecule has 1 aliphatic rings. The van der Waals surface area contributed by atoms with Crippen molar-refractivity contribution in [3.8, 4) is 11.5 Å². The van der Waals surface area contributed by atoms with Crippen LogP contribution in [0.25, 0.3) is 0 Å². The standard InChI is InChI=1S/C19H21ClN4O5S.C19H23N5O5S.C4H8O.CH4.B5.H3N.H2O/c2*1-4-11-29-14-8-6-7-13(12-14)9-10-23(19(25)28-5-2)17-15(24(26)27)16(20)21-18(22-17)30-3;1-2-4-5-3-1;;1-4-5(2)3;;/h4,6-8,12H,1,5,9-11H2,2-3H3;4,6-8,12H,1,5,9-11H2,2-3H3,(H2,20,21,22);1-4H2;1H4;;1H3;1H2. The van der Waals surface area contributed by atoms with Gasteiger partial charge in [0.2, 0.25) is 22.6 Å². The Kier molecular flexibility index (Phi) is 36.5. The van der Waals surface area contributed by atoms with Crippen LogP contribution in [0.2, 0.25) is 5.15 Å². The first-order valence-electron chi connectivity index (χ1n) is 21.4. The average molecular weight is 1060 g/mol. The molecule has 2 aromatic heterocycles. The van der Waals surface area contributed by atoms with Crippen molar-refractivity contribution in [3.05, 3.63) is 110 Å². The lowest BCUT2D eigenvalue weighted by Gasteiger charge is -2.21. The molecule has 3 heterocycles. The molecule has 30 heteroatoms. The maximum atomic E-state index is 12.6. The number of nitro groups is 2. The molecule has 5 rings (SSSR count). The monoisotopic (exact) mass is 1060 g/mol. The Hall–Kier alpha value is -5.99. The maximum absolute atomic E-state index is 12.6. The lowest BCUT2D eigenvalue weighted by molar-refractivity contribution is -0.384. The minimum atomic E-state index is -0.763. The molecule has 1 fully saturated rings. The molecule has 389 valence electrons. The summed E-state index contributed by atoms with van der Waals surface area (Å²) >= 11 is 8.32. The molecule has 22 nitrogen and oxygen atoms in total. The number of carbonyl (C=O) groups is 2. The van der Waals surface area contributed by atoms with E-state index in [0.29, 0.717) is 37.6 Å². The third-order valence-corrected chi connectivity index (χ3v) is 10.1. The van der Waals surface area contributed by atoms with Gasteiger partial charge in [-0.2, -0.15) is 15.0 Å². The molecule has 7 N–H and O–H groups in total. The van der Waals surface area contributed by atoms with Crippen LogP contribution >= 0.6 is 35.1 Å². The number of nitrogens with zero attached hydrogens (tertiary/aromatic N) is 8. The Balaban J connectivity index is 0. The summed E-state index contributed by atoms with van der Waals surface area (Å²) < 4.78 is 26.2. The van der Waals surface area contributed by atoms with Gasteiger partial charge in [0.05, 0.1) is 23.1 Å². The van der Waals surface area contributed by atoms with Gasteiger partial charge in [0, 0.05) is 63.0 Å². The smallest absolute Gasteiger partial charge is 0.415 e. The highest BCUT2D eigenvalue weighted by molar-refractivity contribution is 7.98. The Bertz CT molecular complexity index is 2180. The summed E-state index contributed by atoms with van der Waals surface area (Å²) in [5.41, 5.74) is 6.41. The van der Waals surface area contributed by atoms with Crippen molar-refractivity contribution in [2.75, 3.05) is 80.8 Å². The molecule has 0 atom stereocenters. The molecule has 0 unspecified atom stereocenters. The third-order valence-electron chi connectivity index (χ3n) is 8.72. The number of amides is 2. The van der Waals surface area contributed by atoms with Crippen LogP contribution in [-0.4, -0.2) is 149 Å². The summed E-state index contributed by atoms with van der Waals surface area (Å²) in [5.74, 6) is 0.576. The van der Waals surface area contributed by atoms with Gasteiger partial charge in [-0.15, -0.1) is 0 Å². The first-order chi connectivity index (χ1) is 33.6. The number of ether oxygens (including phenoxy) is 5. The molecule has 1 aliphatic heterocycles. The van der Waals surface area contributed by atoms with E-state index in [4.69, 9.17) is 64.2 Å². The van der Waals surface area contributed by atoms with Crippen LogP contribution in [0.5, 0.6) is 11.5 Å². The highest BCUT2D eigenvalue weighted by Crippen LogP contribution is 2.35. The minimum Gasteiger partial charge on any atom is -0.490 e. The number of aromatic nitrogens is 4. The Morgan fingerprint density at radius 3 is 1.59 bits per heavy atom. The number of nitrogen functional groups attached to an aromatic ring is 1. The van der Waals surface area contributed by atoms with E-state index in [1.54, 1.807) is 50.6 Å². The van der Waals surface area contributed by atoms with Crippen LogP contribution in [0.1, 0.15) is 45.2 Å². The molecule has 0 spiro atoms. The molecule has 2 aromatic carbocycles. The lowest BCUT2D eigenvalue weighted by Crippen LogP contribution is -2.35. The molecule has 4 aromatic rings. The summed E-state index contributed by atoms with van der Waals surface area (Å²) in [5, 5.41) is 23.2. The van der Waals surface area contributed by atoms with Crippen LogP contribution in [0.3, 0.4) is 0 Å². The van der Waals surface area contributed by atoms with Crippen molar-refractivity contribution < 1.29 is 48.6 Å². The zero-order valence-electron chi connectivity index (χ0n) is 40.6. The highest BCUT2D eigenvalue weighted by atomic mass is 35.5. The van der Waals surface area contributed by atoms with Gasteiger partial charge in [-0.05, 0) is 87.4 Å². The Labute approximate surface area is 445 Å². The van der Waals surface area contributed by atoms with Gasteiger partial charge in [0.25, 0.3) is 0 Å². The number of nitrogens with two attached hydrogens (primary N) is 1. The number of hydrogen-bond acceptors (Lipinski definition) is 19. The van der Waals surface area contributed by atoms with E-state index in [1.807, 2.05) is 36.4 Å². The van der Waals surface area contributed by atoms with Gasteiger partial charge in [0.1, 0.15) is 24.7 Å². The molecule has 7 radical (unpaired) electrons. The number of thioether (sulfide) groups is 2. The van der Waals surface area contributed by atoms with Crippen LogP contribution in [0.15, 0.2) is 84.2 Å².